The maximum absolute atomic E-state index is 12.5. The van der Waals surface area contributed by atoms with Crippen molar-refractivity contribution in [3.63, 3.8) is 0 Å². The quantitative estimate of drug-likeness (QED) is 0.523. The van der Waals surface area contributed by atoms with E-state index >= 15 is 0 Å². The van der Waals surface area contributed by atoms with Gasteiger partial charge in [-0.3, -0.25) is 9.59 Å². The molecule has 1 aromatic heterocycles. The summed E-state index contributed by atoms with van der Waals surface area (Å²) in [5.41, 5.74) is 0.00399. The number of hydrogen-bond donors (Lipinski definition) is 2. The molecule has 0 saturated heterocycles. The van der Waals surface area contributed by atoms with Crippen molar-refractivity contribution in [3.8, 4) is 0 Å². The zero-order valence-corrected chi connectivity index (χ0v) is 13.2. The molecule has 1 amide bonds. The van der Waals surface area contributed by atoms with Crippen molar-refractivity contribution < 1.29 is 22.8 Å². The van der Waals surface area contributed by atoms with Gasteiger partial charge in [-0.2, -0.15) is 13.2 Å². The minimum Gasteiger partial charge on any atom is -0.360 e. The number of H-pyrrole nitrogens is 1. The number of amides is 1. The Labute approximate surface area is 144 Å². The standard InChI is InChI=1S/C17H10ClF3N2O2/c18-10-3-6-14-12(7-10)13(8-22-14)15(24)16(25)23-11-4-1-9(2-5-11)17(19,20)21/h1-8,22H,(H,23,25). The molecule has 128 valence electrons. The predicted molar refractivity (Wildman–Crippen MR) is 87.7 cm³/mol. The highest BCUT2D eigenvalue weighted by molar-refractivity contribution is 6.48. The molecule has 0 aliphatic carbocycles. The van der Waals surface area contributed by atoms with E-state index in [1.54, 1.807) is 18.2 Å². The van der Waals surface area contributed by atoms with Crippen LogP contribution in [-0.4, -0.2) is 16.7 Å². The fourth-order valence-corrected chi connectivity index (χ4v) is 2.51. The Bertz CT molecular complexity index is 962. The number of alkyl halides is 3. The van der Waals surface area contributed by atoms with Gasteiger partial charge in [0.2, 0.25) is 0 Å². The van der Waals surface area contributed by atoms with E-state index in [1.165, 1.54) is 6.20 Å². The van der Waals surface area contributed by atoms with Crippen LogP contribution >= 0.6 is 11.6 Å². The molecule has 0 bridgehead atoms. The van der Waals surface area contributed by atoms with Crippen LogP contribution in [0.25, 0.3) is 10.9 Å². The minimum atomic E-state index is -4.47. The highest BCUT2D eigenvalue weighted by Gasteiger charge is 2.30. The Balaban J connectivity index is 1.80. The first-order valence-electron chi connectivity index (χ1n) is 7.05. The van der Waals surface area contributed by atoms with Crippen LogP contribution < -0.4 is 5.32 Å². The van der Waals surface area contributed by atoms with Gasteiger partial charge >= 0.3 is 6.18 Å². The number of halogens is 4. The fraction of sp³-hybridized carbons (Fsp3) is 0.0588. The monoisotopic (exact) mass is 366 g/mol. The smallest absolute Gasteiger partial charge is 0.360 e. The highest BCUT2D eigenvalue weighted by Crippen LogP contribution is 2.30. The van der Waals surface area contributed by atoms with Crippen molar-refractivity contribution in [2.24, 2.45) is 0 Å². The fourth-order valence-electron chi connectivity index (χ4n) is 2.33. The first-order valence-corrected chi connectivity index (χ1v) is 7.43. The van der Waals surface area contributed by atoms with Gasteiger partial charge in [-0.05, 0) is 42.5 Å². The molecule has 25 heavy (non-hydrogen) atoms. The van der Waals surface area contributed by atoms with Crippen LogP contribution in [0.5, 0.6) is 0 Å². The average molecular weight is 367 g/mol. The lowest BCUT2D eigenvalue weighted by atomic mass is 10.1. The minimum absolute atomic E-state index is 0.0872. The number of hydrogen-bond acceptors (Lipinski definition) is 2. The molecule has 2 N–H and O–H groups in total. The van der Waals surface area contributed by atoms with E-state index in [1.807, 2.05) is 0 Å². The first kappa shape index (κ1) is 17.0. The second kappa shape index (κ2) is 6.25. The second-order valence-corrected chi connectivity index (χ2v) is 5.69. The Morgan fingerprint density at radius 3 is 2.36 bits per heavy atom. The maximum atomic E-state index is 12.5. The summed E-state index contributed by atoms with van der Waals surface area (Å²) in [6, 6.07) is 8.67. The Kier molecular flexibility index (Phi) is 4.26. The summed E-state index contributed by atoms with van der Waals surface area (Å²) in [6.07, 6.45) is -3.09. The number of fused-ring (bicyclic) bond motifs is 1. The summed E-state index contributed by atoms with van der Waals surface area (Å²) in [4.78, 5) is 27.3. The molecular formula is C17H10ClF3N2O2. The second-order valence-electron chi connectivity index (χ2n) is 5.25. The molecule has 1 heterocycles. The molecule has 8 heteroatoms. The maximum Gasteiger partial charge on any atom is 0.416 e. The van der Waals surface area contributed by atoms with Crippen LogP contribution in [-0.2, 0) is 11.0 Å². The zero-order valence-electron chi connectivity index (χ0n) is 12.4. The van der Waals surface area contributed by atoms with Crippen LogP contribution in [0.15, 0.2) is 48.7 Å². The van der Waals surface area contributed by atoms with Crippen LogP contribution in [0.1, 0.15) is 15.9 Å². The zero-order chi connectivity index (χ0) is 18.2. The number of aromatic amines is 1. The number of Topliss-reactive ketones (excluding diaryl/α,β-unsaturated/α-hetero) is 1. The molecule has 0 spiro atoms. The number of aromatic nitrogens is 1. The average Bonchev–Trinajstić information content (AvgIpc) is 2.96. The van der Waals surface area contributed by atoms with Crippen molar-refractivity contribution in [2.75, 3.05) is 5.32 Å². The van der Waals surface area contributed by atoms with E-state index in [4.69, 9.17) is 11.6 Å². The molecule has 0 saturated carbocycles. The molecule has 0 atom stereocenters. The summed E-state index contributed by atoms with van der Waals surface area (Å²) in [5, 5.41) is 3.18. The molecular weight excluding hydrogens is 357 g/mol. The molecule has 4 nitrogen and oxygen atoms in total. The van der Waals surface area contributed by atoms with Crippen molar-refractivity contribution >= 4 is 39.9 Å². The molecule has 0 radical (unpaired) electrons. The van der Waals surface area contributed by atoms with Crippen LogP contribution in [0.4, 0.5) is 18.9 Å². The Morgan fingerprint density at radius 1 is 1.04 bits per heavy atom. The van der Waals surface area contributed by atoms with Crippen LogP contribution in [0, 0.1) is 0 Å². The largest absolute Gasteiger partial charge is 0.416 e. The van der Waals surface area contributed by atoms with Gasteiger partial charge in [-0.15, -0.1) is 0 Å². The summed E-state index contributed by atoms with van der Waals surface area (Å²) in [7, 11) is 0. The number of carbonyl (C=O) groups excluding carboxylic acids is 2. The van der Waals surface area contributed by atoms with E-state index in [0.29, 0.717) is 15.9 Å². The van der Waals surface area contributed by atoms with E-state index < -0.39 is 23.4 Å². The number of benzene rings is 2. The van der Waals surface area contributed by atoms with E-state index in [-0.39, 0.29) is 11.3 Å². The predicted octanol–water partition coefficient (Wildman–Crippen LogP) is 4.66. The third-order valence-corrected chi connectivity index (χ3v) is 3.80. The third-order valence-electron chi connectivity index (χ3n) is 3.56. The van der Waals surface area contributed by atoms with Crippen molar-refractivity contribution in [1.29, 1.82) is 0 Å². The van der Waals surface area contributed by atoms with Gasteiger partial charge in [0.15, 0.2) is 0 Å². The lowest BCUT2D eigenvalue weighted by Crippen LogP contribution is -2.22. The topological polar surface area (TPSA) is 62.0 Å². The van der Waals surface area contributed by atoms with E-state index in [9.17, 15) is 22.8 Å². The van der Waals surface area contributed by atoms with Gasteiger partial charge < -0.3 is 10.3 Å². The highest BCUT2D eigenvalue weighted by atomic mass is 35.5. The SMILES string of the molecule is O=C(Nc1ccc(C(F)(F)F)cc1)C(=O)c1c[nH]c2ccc(Cl)cc12. The molecule has 0 aliphatic rings. The van der Waals surface area contributed by atoms with Gasteiger partial charge in [0.1, 0.15) is 0 Å². The first-order chi connectivity index (χ1) is 11.8. The number of anilines is 1. The molecule has 2 aromatic carbocycles. The third kappa shape index (κ3) is 3.51. The van der Waals surface area contributed by atoms with Gasteiger partial charge in [-0.25, -0.2) is 0 Å². The van der Waals surface area contributed by atoms with Gasteiger partial charge in [0.05, 0.1) is 11.1 Å². The van der Waals surface area contributed by atoms with E-state index in [2.05, 4.69) is 10.3 Å². The number of carbonyl (C=O) groups is 2. The molecule has 0 aliphatic heterocycles. The normalized spacial score (nSPS) is 11.5. The van der Waals surface area contributed by atoms with Crippen molar-refractivity contribution in [3.05, 3.63) is 64.8 Å². The Hall–Kier alpha value is -2.80. The molecule has 0 unspecified atom stereocenters. The van der Waals surface area contributed by atoms with Crippen molar-refractivity contribution in [2.45, 2.75) is 6.18 Å². The lowest BCUT2D eigenvalue weighted by molar-refractivity contribution is -0.137. The van der Waals surface area contributed by atoms with Gasteiger partial charge in [0, 0.05) is 27.8 Å². The summed E-state index contributed by atoms with van der Waals surface area (Å²) >= 11 is 5.90. The molecule has 0 fully saturated rings. The van der Waals surface area contributed by atoms with Crippen LogP contribution in [0.3, 0.4) is 0 Å². The van der Waals surface area contributed by atoms with E-state index in [0.717, 1.165) is 24.3 Å². The summed E-state index contributed by atoms with van der Waals surface area (Å²) in [6.45, 7) is 0. The number of rotatable bonds is 3. The molecule has 3 aromatic rings. The van der Waals surface area contributed by atoms with Crippen LogP contribution in [0.2, 0.25) is 5.02 Å². The van der Waals surface area contributed by atoms with Gasteiger partial charge in [-0.1, -0.05) is 11.6 Å². The summed E-state index contributed by atoms with van der Waals surface area (Å²) in [5.74, 6) is -1.78. The lowest BCUT2D eigenvalue weighted by Gasteiger charge is -2.08. The summed E-state index contributed by atoms with van der Waals surface area (Å²) < 4.78 is 37.6. The van der Waals surface area contributed by atoms with Crippen molar-refractivity contribution in [1.82, 2.24) is 4.98 Å². The Morgan fingerprint density at radius 2 is 1.72 bits per heavy atom. The molecule has 3 rings (SSSR count). The number of nitrogens with one attached hydrogen (secondary N) is 2. The number of ketones is 1. The van der Waals surface area contributed by atoms with Gasteiger partial charge in [0.25, 0.3) is 11.7 Å².